The Balaban J connectivity index is 1.58. The highest BCUT2D eigenvalue weighted by Crippen LogP contribution is 2.42. The van der Waals surface area contributed by atoms with Gasteiger partial charge in [0.1, 0.15) is 0 Å². The van der Waals surface area contributed by atoms with Gasteiger partial charge in [-0.05, 0) is 68.9 Å². The summed E-state index contributed by atoms with van der Waals surface area (Å²) < 4.78 is 0. The first-order valence-corrected chi connectivity index (χ1v) is 10.2. The maximum Gasteiger partial charge on any atom is 0.255 e. The normalized spacial score (nSPS) is 23.8. The van der Waals surface area contributed by atoms with E-state index in [1.54, 1.807) is 24.3 Å². The number of carbonyl (C=O) groups is 3. The number of carbonyl (C=O) groups excluding carboxylic acids is 3. The first kappa shape index (κ1) is 19.4. The van der Waals surface area contributed by atoms with Crippen molar-refractivity contribution in [3.63, 3.8) is 0 Å². The standard InChI is InChI=1S/C24H26N2O3/c1-14-8-10-21(16(3)11-14)25-22(27)17-5-4-6-18(13-17)26-23(28)19-9-7-15(2)12-20(19)24(26)29/h4-6,8,10-11,13,15,19-20H,7,9,12H2,1-3H3,(H,25,27)/t15-,19+,20+/m1/s1. The van der Waals surface area contributed by atoms with Crippen molar-refractivity contribution in [2.45, 2.75) is 40.0 Å². The minimum Gasteiger partial charge on any atom is -0.322 e. The summed E-state index contributed by atoms with van der Waals surface area (Å²) >= 11 is 0. The number of nitrogens with one attached hydrogen (secondary N) is 1. The lowest BCUT2D eigenvalue weighted by Gasteiger charge is -2.25. The highest BCUT2D eigenvalue weighted by Gasteiger charge is 2.50. The van der Waals surface area contributed by atoms with Gasteiger partial charge in [-0.25, -0.2) is 0 Å². The lowest BCUT2D eigenvalue weighted by molar-refractivity contribution is -0.122. The van der Waals surface area contributed by atoms with Crippen molar-refractivity contribution < 1.29 is 14.4 Å². The number of fused-ring (bicyclic) bond motifs is 1. The summed E-state index contributed by atoms with van der Waals surface area (Å²) in [6.45, 7) is 6.09. The molecule has 1 heterocycles. The van der Waals surface area contributed by atoms with Crippen molar-refractivity contribution >= 4 is 29.1 Å². The smallest absolute Gasteiger partial charge is 0.255 e. The van der Waals surface area contributed by atoms with Gasteiger partial charge in [0.2, 0.25) is 11.8 Å². The zero-order valence-corrected chi connectivity index (χ0v) is 17.1. The quantitative estimate of drug-likeness (QED) is 0.786. The number of hydrogen-bond donors (Lipinski definition) is 1. The van der Waals surface area contributed by atoms with Gasteiger partial charge in [-0.2, -0.15) is 0 Å². The second kappa shape index (κ2) is 7.47. The number of aryl methyl sites for hydroxylation is 2. The molecule has 0 bridgehead atoms. The van der Waals surface area contributed by atoms with Crippen molar-refractivity contribution in [3.05, 3.63) is 59.2 Å². The molecule has 2 fully saturated rings. The summed E-state index contributed by atoms with van der Waals surface area (Å²) in [6, 6.07) is 12.6. The molecule has 1 N–H and O–H groups in total. The van der Waals surface area contributed by atoms with Crippen LogP contribution in [-0.4, -0.2) is 17.7 Å². The number of benzene rings is 2. The van der Waals surface area contributed by atoms with Crippen LogP contribution in [-0.2, 0) is 9.59 Å². The van der Waals surface area contributed by atoms with Crippen molar-refractivity contribution in [1.82, 2.24) is 0 Å². The Morgan fingerprint density at radius 1 is 1.00 bits per heavy atom. The summed E-state index contributed by atoms with van der Waals surface area (Å²) in [6.07, 6.45) is 2.50. The molecule has 2 aromatic carbocycles. The van der Waals surface area contributed by atoms with E-state index in [2.05, 4.69) is 12.2 Å². The van der Waals surface area contributed by atoms with Gasteiger partial charge in [0, 0.05) is 11.3 Å². The third-order valence-corrected chi connectivity index (χ3v) is 6.18. The fourth-order valence-electron chi connectivity index (χ4n) is 4.58. The Morgan fingerprint density at radius 3 is 2.52 bits per heavy atom. The van der Waals surface area contributed by atoms with Crippen LogP contribution < -0.4 is 10.2 Å². The van der Waals surface area contributed by atoms with E-state index in [1.165, 1.54) is 4.90 Å². The van der Waals surface area contributed by atoms with E-state index in [9.17, 15) is 14.4 Å². The van der Waals surface area contributed by atoms with Crippen molar-refractivity contribution in [2.75, 3.05) is 10.2 Å². The average molecular weight is 390 g/mol. The molecule has 0 unspecified atom stereocenters. The Kier molecular flexibility index (Phi) is 4.99. The molecular formula is C24H26N2O3. The molecule has 0 spiro atoms. The molecule has 2 aromatic rings. The van der Waals surface area contributed by atoms with Crippen molar-refractivity contribution in [2.24, 2.45) is 17.8 Å². The monoisotopic (exact) mass is 390 g/mol. The Bertz CT molecular complexity index is 997. The van der Waals surface area contributed by atoms with Crippen LogP contribution in [0.3, 0.4) is 0 Å². The first-order chi connectivity index (χ1) is 13.8. The average Bonchev–Trinajstić information content (AvgIpc) is 2.94. The first-order valence-electron chi connectivity index (χ1n) is 10.2. The van der Waals surface area contributed by atoms with E-state index in [-0.39, 0.29) is 29.6 Å². The van der Waals surface area contributed by atoms with Gasteiger partial charge in [0.05, 0.1) is 17.5 Å². The van der Waals surface area contributed by atoms with Gasteiger partial charge < -0.3 is 5.32 Å². The molecule has 150 valence electrons. The van der Waals surface area contributed by atoms with Crippen LogP contribution in [0.5, 0.6) is 0 Å². The Morgan fingerprint density at radius 2 is 1.76 bits per heavy atom. The summed E-state index contributed by atoms with van der Waals surface area (Å²) in [4.78, 5) is 39.9. The molecule has 5 heteroatoms. The second-order valence-corrected chi connectivity index (χ2v) is 8.47. The van der Waals surface area contributed by atoms with Crippen molar-refractivity contribution in [1.29, 1.82) is 0 Å². The van der Waals surface area contributed by atoms with Gasteiger partial charge >= 0.3 is 0 Å². The second-order valence-electron chi connectivity index (χ2n) is 8.47. The third kappa shape index (κ3) is 3.57. The molecule has 1 aliphatic carbocycles. The number of nitrogens with zero attached hydrogens (tertiary/aromatic N) is 1. The van der Waals surface area contributed by atoms with E-state index in [1.807, 2.05) is 32.0 Å². The molecule has 1 aliphatic heterocycles. The number of rotatable bonds is 3. The third-order valence-electron chi connectivity index (χ3n) is 6.18. The Labute approximate surface area is 171 Å². The zero-order chi connectivity index (χ0) is 20.7. The minimum absolute atomic E-state index is 0.126. The number of anilines is 2. The van der Waals surface area contributed by atoms with E-state index in [4.69, 9.17) is 0 Å². The molecule has 0 radical (unpaired) electrons. The summed E-state index contributed by atoms with van der Waals surface area (Å²) in [5.41, 5.74) is 3.77. The molecule has 0 aromatic heterocycles. The fraction of sp³-hybridized carbons (Fsp3) is 0.375. The van der Waals surface area contributed by atoms with Crippen LogP contribution in [0.1, 0.15) is 47.7 Å². The molecular weight excluding hydrogens is 364 g/mol. The minimum atomic E-state index is -0.260. The van der Waals surface area contributed by atoms with Crippen LogP contribution in [0.4, 0.5) is 11.4 Å². The predicted molar refractivity (Wildman–Crippen MR) is 113 cm³/mol. The van der Waals surface area contributed by atoms with Crippen LogP contribution in [0.15, 0.2) is 42.5 Å². The lowest BCUT2D eigenvalue weighted by atomic mass is 9.76. The summed E-state index contributed by atoms with van der Waals surface area (Å²) in [7, 11) is 0. The Hall–Kier alpha value is -2.95. The number of hydrogen-bond acceptors (Lipinski definition) is 3. The molecule has 1 saturated heterocycles. The molecule has 29 heavy (non-hydrogen) atoms. The number of amides is 3. The summed E-state index contributed by atoms with van der Waals surface area (Å²) in [5, 5.41) is 2.92. The molecule has 2 aliphatic rings. The van der Waals surface area contributed by atoms with E-state index in [0.717, 1.165) is 36.1 Å². The molecule has 4 rings (SSSR count). The van der Waals surface area contributed by atoms with Gasteiger partial charge in [-0.1, -0.05) is 30.7 Å². The van der Waals surface area contributed by atoms with Crippen LogP contribution in [0.25, 0.3) is 0 Å². The topological polar surface area (TPSA) is 66.5 Å². The van der Waals surface area contributed by atoms with Gasteiger partial charge in [-0.15, -0.1) is 0 Å². The van der Waals surface area contributed by atoms with E-state index >= 15 is 0 Å². The van der Waals surface area contributed by atoms with E-state index in [0.29, 0.717) is 17.2 Å². The number of imide groups is 1. The SMILES string of the molecule is Cc1ccc(NC(=O)c2cccc(N3C(=O)[C@H]4CC[C@@H](C)C[C@@H]4C3=O)c2)c(C)c1. The maximum atomic E-state index is 12.9. The van der Waals surface area contributed by atoms with Crippen molar-refractivity contribution in [3.8, 4) is 0 Å². The van der Waals surface area contributed by atoms with Gasteiger partial charge in [0.25, 0.3) is 5.91 Å². The van der Waals surface area contributed by atoms with Gasteiger partial charge in [0.15, 0.2) is 0 Å². The van der Waals surface area contributed by atoms with Crippen LogP contribution in [0.2, 0.25) is 0 Å². The van der Waals surface area contributed by atoms with Gasteiger partial charge in [-0.3, -0.25) is 19.3 Å². The zero-order valence-electron chi connectivity index (χ0n) is 17.1. The molecule has 3 amide bonds. The lowest BCUT2D eigenvalue weighted by Crippen LogP contribution is -2.31. The molecule has 5 nitrogen and oxygen atoms in total. The molecule has 3 atom stereocenters. The maximum absolute atomic E-state index is 12.9. The summed E-state index contributed by atoms with van der Waals surface area (Å²) in [5.74, 6) is -0.491. The highest BCUT2D eigenvalue weighted by molar-refractivity contribution is 6.22. The van der Waals surface area contributed by atoms with Crippen LogP contribution >= 0.6 is 0 Å². The highest BCUT2D eigenvalue weighted by atomic mass is 16.2. The largest absolute Gasteiger partial charge is 0.322 e. The molecule has 1 saturated carbocycles. The van der Waals surface area contributed by atoms with Crippen LogP contribution in [0, 0.1) is 31.6 Å². The van der Waals surface area contributed by atoms with E-state index < -0.39 is 0 Å². The fourth-order valence-corrected chi connectivity index (χ4v) is 4.58. The predicted octanol–water partition coefficient (Wildman–Crippen LogP) is 4.48.